The Labute approximate surface area is 120 Å². The van der Waals surface area contributed by atoms with Crippen LogP contribution < -0.4 is 0 Å². The summed E-state index contributed by atoms with van der Waals surface area (Å²) in [6.07, 6.45) is 7.77. The van der Waals surface area contributed by atoms with Crippen molar-refractivity contribution < 1.29 is 14.6 Å². The highest BCUT2D eigenvalue weighted by molar-refractivity contribution is 6.17. The zero-order chi connectivity index (χ0) is 15.0. The van der Waals surface area contributed by atoms with E-state index in [1.54, 1.807) is 0 Å². The van der Waals surface area contributed by atoms with Crippen LogP contribution in [-0.2, 0) is 9.53 Å². The van der Waals surface area contributed by atoms with Crippen molar-refractivity contribution in [3.63, 3.8) is 0 Å². The maximum absolute atomic E-state index is 11.8. The summed E-state index contributed by atoms with van der Waals surface area (Å²) in [6.45, 7) is 3.87. The predicted octanol–water partition coefficient (Wildman–Crippen LogP) is 3.36. The predicted molar refractivity (Wildman–Crippen MR) is 82.2 cm³/mol. The standard InChI is InChI=1S/C17H22O3/c1-4-5-6-7-14-9-8-13(2)16(12-14)15(10-11-18)17(19)20-3/h6-10,12,18H,4-5,11H2,1-3H3/b7-6+,15-10+. The van der Waals surface area contributed by atoms with Gasteiger partial charge in [-0.25, -0.2) is 4.79 Å². The number of methoxy groups -OCH3 is 1. The van der Waals surface area contributed by atoms with Crippen molar-refractivity contribution in [2.75, 3.05) is 13.7 Å². The highest BCUT2D eigenvalue weighted by Gasteiger charge is 2.14. The van der Waals surface area contributed by atoms with E-state index in [-0.39, 0.29) is 6.61 Å². The van der Waals surface area contributed by atoms with Crippen LogP contribution in [0.2, 0.25) is 0 Å². The second-order valence-electron chi connectivity index (χ2n) is 4.56. The molecule has 0 heterocycles. The first-order valence-corrected chi connectivity index (χ1v) is 6.81. The van der Waals surface area contributed by atoms with E-state index in [0.717, 1.165) is 29.5 Å². The Morgan fingerprint density at radius 3 is 2.75 bits per heavy atom. The zero-order valence-corrected chi connectivity index (χ0v) is 12.3. The molecule has 1 aromatic rings. The maximum Gasteiger partial charge on any atom is 0.338 e. The Balaban J connectivity index is 3.17. The number of hydrogen-bond acceptors (Lipinski definition) is 3. The Morgan fingerprint density at radius 2 is 2.15 bits per heavy atom. The van der Waals surface area contributed by atoms with Gasteiger partial charge in [-0.05, 0) is 42.2 Å². The number of rotatable bonds is 6. The fourth-order valence-corrected chi connectivity index (χ4v) is 1.92. The van der Waals surface area contributed by atoms with E-state index in [0.29, 0.717) is 5.57 Å². The Kier molecular flexibility index (Phi) is 6.74. The molecule has 0 amide bonds. The number of carbonyl (C=O) groups is 1. The van der Waals surface area contributed by atoms with Crippen LogP contribution in [0.15, 0.2) is 30.4 Å². The summed E-state index contributed by atoms with van der Waals surface area (Å²) < 4.78 is 4.78. The second kappa shape index (κ2) is 8.33. The van der Waals surface area contributed by atoms with E-state index >= 15 is 0 Å². The molecule has 0 radical (unpaired) electrons. The van der Waals surface area contributed by atoms with E-state index in [1.165, 1.54) is 13.2 Å². The zero-order valence-electron chi connectivity index (χ0n) is 12.3. The minimum absolute atomic E-state index is 0.195. The van der Waals surface area contributed by atoms with Crippen LogP contribution >= 0.6 is 0 Å². The number of allylic oxidation sites excluding steroid dienone is 1. The van der Waals surface area contributed by atoms with Crippen LogP contribution in [0.4, 0.5) is 0 Å². The lowest BCUT2D eigenvalue weighted by molar-refractivity contribution is -0.133. The molecule has 1 N–H and O–H groups in total. The molecule has 0 fully saturated rings. The molecule has 20 heavy (non-hydrogen) atoms. The molecule has 1 aromatic carbocycles. The van der Waals surface area contributed by atoms with Gasteiger partial charge in [-0.3, -0.25) is 0 Å². The molecule has 0 aromatic heterocycles. The largest absolute Gasteiger partial charge is 0.465 e. The minimum atomic E-state index is -0.433. The normalized spacial score (nSPS) is 11.9. The van der Waals surface area contributed by atoms with Crippen LogP contribution in [0.1, 0.15) is 36.5 Å². The highest BCUT2D eigenvalue weighted by Crippen LogP contribution is 2.22. The molecular formula is C17H22O3. The van der Waals surface area contributed by atoms with E-state index in [9.17, 15) is 4.79 Å². The van der Waals surface area contributed by atoms with Gasteiger partial charge in [0.25, 0.3) is 0 Å². The Morgan fingerprint density at radius 1 is 1.40 bits per heavy atom. The number of unbranched alkanes of at least 4 members (excludes halogenated alkanes) is 1. The Bertz CT molecular complexity index is 513. The lowest BCUT2D eigenvalue weighted by Gasteiger charge is -2.10. The monoisotopic (exact) mass is 274 g/mol. The summed E-state index contributed by atoms with van der Waals surface area (Å²) in [5, 5.41) is 9.08. The smallest absolute Gasteiger partial charge is 0.338 e. The summed E-state index contributed by atoms with van der Waals surface area (Å²) in [5.41, 5.74) is 3.21. The van der Waals surface area contributed by atoms with Gasteiger partial charge in [0.05, 0.1) is 19.3 Å². The summed E-state index contributed by atoms with van der Waals surface area (Å²) in [4.78, 5) is 11.8. The molecule has 108 valence electrons. The molecule has 0 saturated carbocycles. The fourth-order valence-electron chi connectivity index (χ4n) is 1.92. The molecule has 0 aliphatic rings. The van der Waals surface area contributed by atoms with Crippen molar-refractivity contribution in [2.24, 2.45) is 0 Å². The SMILES string of the molecule is CCC/C=C/c1ccc(C)c(/C(=C\CO)C(=O)OC)c1. The quantitative estimate of drug-likeness (QED) is 0.639. The number of benzene rings is 1. The number of esters is 1. The third-order valence-electron chi connectivity index (χ3n) is 3.02. The third kappa shape index (κ3) is 4.35. The van der Waals surface area contributed by atoms with Crippen LogP contribution in [0, 0.1) is 6.92 Å². The molecule has 0 bridgehead atoms. The fraction of sp³-hybridized carbons (Fsp3) is 0.353. The van der Waals surface area contributed by atoms with Crippen LogP contribution in [0.3, 0.4) is 0 Å². The van der Waals surface area contributed by atoms with Gasteiger partial charge in [0.1, 0.15) is 0 Å². The topological polar surface area (TPSA) is 46.5 Å². The highest BCUT2D eigenvalue weighted by atomic mass is 16.5. The second-order valence-corrected chi connectivity index (χ2v) is 4.56. The first kappa shape index (κ1) is 16.2. The van der Waals surface area contributed by atoms with Crippen molar-refractivity contribution in [3.8, 4) is 0 Å². The van der Waals surface area contributed by atoms with Gasteiger partial charge in [0.15, 0.2) is 0 Å². The first-order chi connectivity index (χ1) is 9.63. The molecule has 0 spiro atoms. The molecule has 0 aliphatic carbocycles. The number of carbonyl (C=O) groups excluding carboxylic acids is 1. The first-order valence-electron chi connectivity index (χ1n) is 6.81. The van der Waals surface area contributed by atoms with Crippen LogP contribution in [-0.4, -0.2) is 24.8 Å². The number of aryl methyl sites for hydroxylation is 1. The maximum atomic E-state index is 11.8. The van der Waals surface area contributed by atoms with Crippen molar-refractivity contribution in [3.05, 3.63) is 47.0 Å². The van der Waals surface area contributed by atoms with Gasteiger partial charge in [0, 0.05) is 0 Å². The summed E-state index contributed by atoms with van der Waals surface area (Å²) in [6, 6.07) is 5.92. The number of aliphatic hydroxyl groups excluding tert-OH is 1. The average molecular weight is 274 g/mol. The van der Waals surface area contributed by atoms with E-state index in [4.69, 9.17) is 9.84 Å². The molecule has 0 atom stereocenters. The van der Waals surface area contributed by atoms with Gasteiger partial charge in [-0.1, -0.05) is 37.6 Å². The van der Waals surface area contributed by atoms with Gasteiger partial charge >= 0.3 is 5.97 Å². The molecule has 1 rings (SSSR count). The Hall–Kier alpha value is -1.87. The molecule has 0 aliphatic heterocycles. The molecule has 0 unspecified atom stereocenters. The minimum Gasteiger partial charge on any atom is -0.465 e. The lowest BCUT2D eigenvalue weighted by atomic mass is 9.97. The van der Waals surface area contributed by atoms with Crippen molar-refractivity contribution >= 4 is 17.6 Å². The van der Waals surface area contributed by atoms with E-state index in [1.807, 2.05) is 31.2 Å². The van der Waals surface area contributed by atoms with Gasteiger partial charge in [-0.2, -0.15) is 0 Å². The third-order valence-corrected chi connectivity index (χ3v) is 3.02. The van der Waals surface area contributed by atoms with Crippen molar-refractivity contribution in [1.82, 2.24) is 0 Å². The van der Waals surface area contributed by atoms with Gasteiger partial charge < -0.3 is 9.84 Å². The molecule has 0 saturated heterocycles. The molecule has 3 nitrogen and oxygen atoms in total. The van der Waals surface area contributed by atoms with E-state index in [2.05, 4.69) is 13.0 Å². The lowest BCUT2D eigenvalue weighted by Crippen LogP contribution is -2.06. The molecular weight excluding hydrogens is 252 g/mol. The van der Waals surface area contributed by atoms with E-state index < -0.39 is 5.97 Å². The summed E-state index contributed by atoms with van der Waals surface area (Å²) in [5.74, 6) is -0.433. The average Bonchev–Trinajstić information content (AvgIpc) is 2.46. The van der Waals surface area contributed by atoms with Crippen LogP contribution in [0.25, 0.3) is 11.6 Å². The number of hydrogen-bond donors (Lipinski definition) is 1. The number of ether oxygens (including phenoxy) is 1. The van der Waals surface area contributed by atoms with Gasteiger partial charge in [0.2, 0.25) is 0 Å². The van der Waals surface area contributed by atoms with Crippen LogP contribution in [0.5, 0.6) is 0 Å². The van der Waals surface area contributed by atoms with Gasteiger partial charge in [-0.15, -0.1) is 0 Å². The number of aliphatic hydroxyl groups is 1. The summed E-state index contributed by atoms with van der Waals surface area (Å²) >= 11 is 0. The van der Waals surface area contributed by atoms with Crippen molar-refractivity contribution in [1.29, 1.82) is 0 Å². The molecule has 3 heteroatoms. The summed E-state index contributed by atoms with van der Waals surface area (Å²) in [7, 11) is 1.34. The van der Waals surface area contributed by atoms with Crippen molar-refractivity contribution in [2.45, 2.75) is 26.7 Å².